The molecule has 25 heavy (non-hydrogen) atoms. The third-order valence-corrected chi connectivity index (χ3v) is 4.92. The Morgan fingerprint density at radius 3 is 2.48 bits per heavy atom. The molecule has 3 aromatic rings. The number of hydrogen-bond acceptors (Lipinski definition) is 5. The van der Waals surface area contributed by atoms with Crippen LogP contribution >= 0.6 is 11.8 Å². The van der Waals surface area contributed by atoms with Crippen molar-refractivity contribution in [1.29, 1.82) is 0 Å². The van der Waals surface area contributed by atoms with E-state index in [1.807, 2.05) is 36.4 Å². The number of thioether (sulfide) groups is 1. The molecule has 5 nitrogen and oxygen atoms in total. The lowest BCUT2D eigenvalue weighted by atomic mass is 10.2. The van der Waals surface area contributed by atoms with Gasteiger partial charge in [-0.05, 0) is 25.1 Å². The summed E-state index contributed by atoms with van der Waals surface area (Å²) >= 11 is 1.64. The van der Waals surface area contributed by atoms with Crippen LogP contribution in [0.1, 0.15) is 12.5 Å². The molecular weight excluding hydrogens is 334 g/mol. The quantitative estimate of drug-likeness (QED) is 0.592. The molecule has 0 unspecified atom stereocenters. The lowest BCUT2D eigenvalue weighted by Crippen LogP contribution is -2.00. The van der Waals surface area contributed by atoms with Gasteiger partial charge in [0, 0.05) is 23.4 Å². The minimum absolute atomic E-state index is 0.729. The van der Waals surface area contributed by atoms with E-state index in [0.29, 0.717) is 0 Å². The zero-order valence-corrected chi connectivity index (χ0v) is 15.4. The minimum atomic E-state index is 0.729. The van der Waals surface area contributed by atoms with Gasteiger partial charge in [0.05, 0.1) is 14.2 Å². The topological polar surface area (TPSA) is 49.2 Å². The van der Waals surface area contributed by atoms with Crippen LogP contribution in [0.15, 0.2) is 53.7 Å². The molecule has 0 saturated heterocycles. The fourth-order valence-electron chi connectivity index (χ4n) is 2.62. The van der Waals surface area contributed by atoms with Crippen LogP contribution in [0.4, 0.5) is 0 Å². The lowest BCUT2D eigenvalue weighted by Gasteiger charge is -2.11. The largest absolute Gasteiger partial charge is 0.497 e. The monoisotopic (exact) mass is 355 g/mol. The summed E-state index contributed by atoms with van der Waals surface area (Å²) in [7, 11) is 3.34. The van der Waals surface area contributed by atoms with Crippen molar-refractivity contribution in [3.8, 4) is 22.9 Å². The van der Waals surface area contributed by atoms with Crippen LogP contribution in [0.5, 0.6) is 11.5 Å². The van der Waals surface area contributed by atoms with Gasteiger partial charge in [-0.15, -0.1) is 10.2 Å². The van der Waals surface area contributed by atoms with Gasteiger partial charge in [-0.1, -0.05) is 42.1 Å². The normalized spacial score (nSPS) is 10.7. The van der Waals surface area contributed by atoms with E-state index in [9.17, 15) is 0 Å². The Bertz CT molecular complexity index is 834. The number of aromatic nitrogens is 3. The van der Waals surface area contributed by atoms with Crippen LogP contribution in [0.3, 0.4) is 0 Å². The minimum Gasteiger partial charge on any atom is -0.497 e. The van der Waals surface area contributed by atoms with Crippen molar-refractivity contribution in [2.75, 3.05) is 14.2 Å². The predicted molar refractivity (Wildman–Crippen MR) is 100 cm³/mol. The molecule has 0 spiro atoms. The average molecular weight is 355 g/mol. The Morgan fingerprint density at radius 2 is 1.80 bits per heavy atom. The maximum atomic E-state index is 5.45. The molecule has 0 aliphatic carbocycles. The Kier molecular flexibility index (Phi) is 5.60. The molecule has 0 fully saturated rings. The molecule has 0 saturated carbocycles. The van der Waals surface area contributed by atoms with Gasteiger partial charge in [0.2, 0.25) is 0 Å². The van der Waals surface area contributed by atoms with Gasteiger partial charge < -0.3 is 14.0 Å². The average Bonchev–Trinajstić information content (AvgIpc) is 3.09. The number of hydrogen-bond donors (Lipinski definition) is 0. The second kappa shape index (κ2) is 8.07. The summed E-state index contributed by atoms with van der Waals surface area (Å²) in [6, 6.07) is 15.9. The first-order chi connectivity index (χ1) is 12.3. The highest BCUT2D eigenvalue weighted by Gasteiger charge is 2.14. The van der Waals surface area contributed by atoms with Crippen LogP contribution in [-0.2, 0) is 12.3 Å². The van der Waals surface area contributed by atoms with E-state index in [-0.39, 0.29) is 0 Å². The van der Waals surface area contributed by atoms with Gasteiger partial charge >= 0.3 is 0 Å². The first-order valence-corrected chi connectivity index (χ1v) is 9.07. The van der Waals surface area contributed by atoms with Crippen LogP contribution < -0.4 is 9.47 Å². The number of ether oxygens (including phenoxy) is 2. The number of rotatable bonds is 7. The Balaban J connectivity index is 1.84. The van der Waals surface area contributed by atoms with Gasteiger partial charge in [0.15, 0.2) is 11.0 Å². The summed E-state index contributed by atoms with van der Waals surface area (Å²) in [6.45, 7) is 2.92. The highest BCUT2D eigenvalue weighted by Crippen LogP contribution is 2.31. The Hall–Kier alpha value is -2.47. The van der Waals surface area contributed by atoms with Crippen LogP contribution in [-0.4, -0.2) is 29.0 Å². The summed E-state index contributed by atoms with van der Waals surface area (Å²) in [4.78, 5) is 0. The first-order valence-electron chi connectivity index (χ1n) is 8.09. The van der Waals surface area contributed by atoms with Crippen molar-refractivity contribution >= 4 is 11.8 Å². The predicted octanol–water partition coefficient (Wildman–Crippen LogP) is 4.27. The van der Waals surface area contributed by atoms with E-state index >= 15 is 0 Å². The number of nitrogens with zero attached hydrogens (tertiary/aromatic N) is 3. The highest BCUT2D eigenvalue weighted by atomic mass is 32.2. The molecule has 0 aliphatic rings. The summed E-state index contributed by atoms with van der Waals surface area (Å²) in [5, 5.41) is 9.66. The summed E-state index contributed by atoms with van der Waals surface area (Å²) in [5.41, 5.74) is 2.14. The van der Waals surface area contributed by atoms with Crippen molar-refractivity contribution in [3.05, 3.63) is 54.1 Å². The smallest absolute Gasteiger partial charge is 0.191 e. The SMILES string of the molecule is CCn1c(SCc2cc(OC)ccc2OC)nnc1-c1ccccc1. The van der Waals surface area contributed by atoms with Crippen molar-refractivity contribution in [2.24, 2.45) is 0 Å². The van der Waals surface area contributed by atoms with Crippen molar-refractivity contribution in [1.82, 2.24) is 14.8 Å². The first kappa shape index (κ1) is 17.4. The fraction of sp³-hybridized carbons (Fsp3) is 0.263. The van der Waals surface area contributed by atoms with Gasteiger partial charge in [0.1, 0.15) is 11.5 Å². The van der Waals surface area contributed by atoms with Gasteiger partial charge in [-0.3, -0.25) is 0 Å². The van der Waals surface area contributed by atoms with E-state index < -0.39 is 0 Å². The molecule has 6 heteroatoms. The molecule has 0 aliphatic heterocycles. The molecule has 0 radical (unpaired) electrons. The lowest BCUT2D eigenvalue weighted by molar-refractivity contribution is 0.400. The molecule has 2 aromatic carbocycles. The standard InChI is InChI=1S/C19H21N3O2S/c1-4-22-18(14-8-6-5-7-9-14)20-21-19(22)25-13-15-12-16(23-2)10-11-17(15)24-3/h5-12H,4,13H2,1-3H3. The molecular formula is C19H21N3O2S. The summed E-state index contributed by atoms with van der Waals surface area (Å²) in [6.07, 6.45) is 0. The third kappa shape index (κ3) is 3.79. The van der Waals surface area contributed by atoms with Gasteiger partial charge in [-0.2, -0.15) is 0 Å². The summed E-state index contributed by atoms with van der Waals surface area (Å²) < 4.78 is 12.9. The maximum Gasteiger partial charge on any atom is 0.191 e. The molecule has 0 atom stereocenters. The number of benzene rings is 2. The van der Waals surface area contributed by atoms with E-state index in [1.165, 1.54) is 0 Å². The van der Waals surface area contributed by atoms with Crippen molar-refractivity contribution in [2.45, 2.75) is 24.4 Å². The van der Waals surface area contributed by atoms with Crippen molar-refractivity contribution in [3.63, 3.8) is 0 Å². The van der Waals surface area contributed by atoms with E-state index in [0.717, 1.165) is 45.9 Å². The second-order valence-corrected chi connectivity index (χ2v) is 6.33. The molecule has 0 amide bonds. The highest BCUT2D eigenvalue weighted by molar-refractivity contribution is 7.98. The third-order valence-electron chi connectivity index (χ3n) is 3.91. The van der Waals surface area contributed by atoms with Crippen molar-refractivity contribution < 1.29 is 9.47 Å². The molecule has 0 bridgehead atoms. The molecule has 3 rings (SSSR count). The zero-order valence-electron chi connectivity index (χ0n) is 14.6. The van der Waals surface area contributed by atoms with Gasteiger partial charge in [-0.25, -0.2) is 0 Å². The number of methoxy groups -OCH3 is 2. The second-order valence-electron chi connectivity index (χ2n) is 5.38. The maximum absolute atomic E-state index is 5.45. The van der Waals surface area contributed by atoms with Crippen LogP contribution in [0.25, 0.3) is 11.4 Å². The molecule has 130 valence electrons. The van der Waals surface area contributed by atoms with Crippen LogP contribution in [0, 0.1) is 0 Å². The fourth-order valence-corrected chi connectivity index (χ4v) is 3.60. The summed E-state index contributed by atoms with van der Waals surface area (Å²) in [5.74, 6) is 3.29. The zero-order chi connectivity index (χ0) is 17.6. The van der Waals surface area contributed by atoms with E-state index in [4.69, 9.17) is 9.47 Å². The van der Waals surface area contributed by atoms with Crippen LogP contribution in [0.2, 0.25) is 0 Å². The Morgan fingerprint density at radius 1 is 1.00 bits per heavy atom. The molecule has 1 aromatic heterocycles. The Labute approximate surface area is 152 Å². The van der Waals surface area contributed by atoms with Gasteiger partial charge in [0.25, 0.3) is 0 Å². The molecule has 0 N–H and O–H groups in total. The van der Waals surface area contributed by atoms with E-state index in [1.54, 1.807) is 26.0 Å². The molecule has 1 heterocycles. The van der Waals surface area contributed by atoms with E-state index in [2.05, 4.69) is 33.8 Å².